The third-order valence-corrected chi connectivity index (χ3v) is 4.94. The van der Waals surface area contributed by atoms with E-state index in [1.54, 1.807) is 16.7 Å². The van der Waals surface area contributed by atoms with Gasteiger partial charge in [0.25, 0.3) is 0 Å². The second-order valence-electron chi connectivity index (χ2n) is 5.35. The summed E-state index contributed by atoms with van der Waals surface area (Å²) >= 11 is 3.03. The Bertz CT molecular complexity index is 812. The molecule has 0 spiro atoms. The predicted octanol–water partition coefficient (Wildman–Crippen LogP) is 4.90. The van der Waals surface area contributed by atoms with Gasteiger partial charge in [-0.2, -0.15) is 11.3 Å². The van der Waals surface area contributed by atoms with Crippen LogP contribution in [0.1, 0.15) is 23.8 Å². The van der Waals surface area contributed by atoms with Gasteiger partial charge in [-0.05, 0) is 42.1 Å². The second-order valence-corrected chi connectivity index (χ2v) is 6.99. The molecule has 0 amide bonds. The van der Waals surface area contributed by atoms with Gasteiger partial charge >= 0.3 is 5.97 Å². The first-order chi connectivity index (χ1) is 12.8. The van der Waals surface area contributed by atoms with Gasteiger partial charge in [0, 0.05) is 16.3 Å². The van der Waals surface area contributed by atoms with Crippen LogP contribution in [0.25, 0.3) is 10.6 Å². The molecular formula is C19H19NO4S2. The number of rotatable bonds is 9. The highest BCUT2D eigenvalue weighted by atomic mass is 32.1. The van der Waals surface area contributed by atoms with Crippen molar-refractivity contribution in [1.29, 1.82) is 0 Å². The second kappa shape index (κ2) is 9.35. The van der Waals surface area contributed by atoms with E-state index in [4.69, 9.17) is 14.2 Å². The lowest BCUT2D eigenvalue weighted by atomic mass is 10.3. The molecule has 0 unspecified atom stereocenters. The van der Waals surface area contributed by atoms with Crippen molar-refractivity contribution in [3.05, 3.63) is 52.2 Å². The van der Waals surface area contributed by atoms with Crippen molar-refractivity contribution in [2.75, 3.05) is 19.8 Å². The number of benzene rings is 1. The molecule has 7 heteroatoms. The van der Waals surface area contributed by atoms with Crippen LogP contribution in [0.15, 0.2) is 46.5 Å². The Morgan fingerprint density at radius 2 is 1.73 bits per heavy atom. The molecule has 0 fully saturated rings. The van der Waals surface area contributed by atoms with E-state index in [-0.39, 0.29) is 13.2 Å². The van der Waals surface area contributed by atoms with Crippen molar-refractivity contribution in [2.24, 2.45) is 0 Å². The van der Waals surface area contributed by atoms with Gasteiger partial charge in [0.1, 0.15) is 29.7 Å². The molecule has 1 aromatic carbocycles. The summed E-state index contributed by atoms with van der Waals surface area (Å²) < 4.78 is 16.3. The maximum absolute atomic E-state index is 12.0. The van der Waals surface area contributed by atoms with Gasteiger partial charge in [-0.25, -0.2) is 9.78 Å². The minimum atomic E-state index is -0.436. The molecule has 0 radical (unpaired) electrons. The summed E-state index contributed by atoms with van der Waals surface area (Å²) in [6.45, 7) is 3.20. The van der Waals surface area contributed by atoms with Crippen LogP contribution in [0, 0.1) is 0 Å². The molecule has 0 atom stereocenters. The van der Waals surface area contributed by atoms with Gasteiger partial charge in [0.2, 0.25) is 0 Å². The van der Waals surface area contributed by atoms with Crippen LogP contribution in [0.4, 0.5) is 0 Å². The van der Waals surface area contributed by atoms with E-state index in [0.717, 1.165) is 22.7 Å². The molecule has 3 aromatic rings. The molecule has 2 aromatic heterocycles. The summed E-state index contributed by atoms with van der Waals surface area (Å²) in [5.41, 5.74) is 1.35. The third kappa shape index (κ3) is 5.06. The van der Waals surface area contributed by atoms with E-state index in [1.807, 2.05) is 41.1 Å². The van der Waals surface area contributed by atoms with Crippen molar-refractivity contribution in [2.45, 2.75) is 13.3 Å². The molecule has 0 saturated carbocycles. The summed E-state index contributed by atoms with van der Waals surface area (Å²) in [4.78, 5) is 16.4. The average Bonchev–Trinajstić information content (AvgIpc) is 3.35. The highest BCUT2D eigenvalue weighted by Crippen LogP contribution is 2.25. The highest BCUT2D eigenvalue weighted by molar-refractivity contribution is 7.14. The molecule has 0 aliphatic heterocycles. The first-order valence-corrected chi connectivity index (χ1v) is 10.1. The van der Waals surface area contributed by atoms with Gasteiger partial charge in [-0.15, -0.1) is 11.3 Å². The quantitative estimate of drug-likeness (QED) is 0.385. The molecular weight excluding hydrogens is 370 g/mol. The zero-order chi connectivity index (χ0) is 18.2. The van der Waals surface area contributed by atoms with Crippen LogP contribution in [-0.2, 0) is 4.74 Å². The van der Waals surface area contributed by atoms with Crippen LogP contribution < -0.4 is 9.47 Å². The van der Waals surface area contributed by atoms with E-state index < -0.39 is 5.97 Å². The summed E-state index contributed by atoms with van der Waals surface area (Å²) in [6, 6.07) is 9.36. The lowest BCUT2D eigenvalue weighted by molar-refractivity contribution is 0.0444. The Hall–Kier alpha value is -2.38. The molecule has 0 aliphatic rings. The largest absolute Gasteiger partial charge is 0.494 e. The molecule has 136 valence electrons. The standard InChI is InChI=1S/C19H19NO4S2/c1-2-8-22-15-3-5-16(6-4-15)23-9-10-24-19(21)17-13-26-18(20-17)14-7-11-25-12-14/h3-7,11-13H,2,8-10H2,1H3. The van der Waals surface area contributed by atoms with Crippen molar-refractivity contribution >= 4 is 28.6 Å². The maximum Gasteiger partial charge on any atom is 0.357 e. The van der Waals surface area contributed by atoms with Gasteiger partial charge < -0.3 is 14.2 Å². The normalized spacial score (nSPS) is 10.5. The number of carbonyl (C=O) groups excluding carboxylic acids is 1. The smallest absolute Gasteiger partial charge is 0.357 e. The minimum Gasteiger partial charge on any atom is -0.494 e. The Labute approximate surface area is 160 Å². The number of carbonyl (C=O) groups is 1. The van der Waals surface area contributed by atoms with E-state index in [9.17, 15) is 4.79 Å². The van der Waals surface area contributed by atoms with Crippen LogP contribution in [0.3, 0.4) is 0 Å². The van der Waals surface area contributed by atoms with Crippen LogP contribution in [0.2, 0.25) is 0 Å². The molecule has 0 saturated heterocycles. The predicted molar refractivity (Wildman–Crippen MR) is 103 cm³/mol. The Morgan fingerprint density at radius 1 is 1.00 bits per heavy atom. The Balaban J connectivity index is 1.41. The number of thiophene rings is 1. The topological polar surface area (TPSA) is 57.7 Å². The minimum absolute atomic E-state index is 0.165. The number of hydrogen-bond donors (Lipinski definition) is 0. The van der Waals surface area contributed by atoms with Gasteiger partial charge in [0.15, 0.2) is 5.69 Å². The van der Waals surface area contributed by atoms with E-state index in [0.29, 0.717) is 18.1 Å². The zero-order valence-electron chi connectivity index (χ0n) is 14.3. The fraction of sp³-hybridized carbons (Fsp3) is 0.263. The Morgan fingerprint density at radius 3 is 2.38 bits per heavy atom. The fourth-order valence-corrected chi connectivity index (χ4v) is 3.61. The SMILES string of the molecule is CCCOc1ccc(OCCOC(=O)c2csc(-c3ccsc3)n2)cc1. The molecule has 2 heterocycles. The Kier molecular flexibility index (Phi) is 6.62. The number of ether oxygens (including phenoxy) is 3. The number of hydrogen-bond acceptors (Lipinski definition) is 7. The number of thiazole rings is 1. The molecule has 0 N–H and O–H groups in total. The summed E-state index contributed by atoms with van der Waals surface area (Å²) in [5, 5.41) is 6.51. The average molecular weight is 389 g/mol. The lowest BCUT2D eigenvalue weighted by Crippen LogP contribution is -2.12. The summed E-state index contributed by atoms with van der Waals surface area (Å²) in [6.07, 6.45) is 0.970. The molecule has 26 heavy (non-hydrogen) atoms. The lowest BCUT2D eigenvalue weighted by Gasteiger charge is -2.08. The van der Waals surface area contributed by atoms with Crippen molar-refractivity contribution in [3.8, 4) is 22.1 Å². The number of esters is 1. The van der Waals surface area contributed by atoms with E-state index >= 15 is 0 Å². The van der Waals surface area contributed by atoms with Crippen LogP contribution in [-0.4, -0.2) is 30.8 Å². The number of aromatic nitrogens is 1. The monoisotopic (exact) mass is 389 g/mol. The maximum atomic E-state index is 12.0. The molecule has 0 bridgehead atoms. The van der Waals surface area contributed by atoms with Crippen LogP contribution in [0.5, 0.6) is 11.5 Å². The molecule has 0 aliphatic carbocycles. The zero-order valence-corrected chi connectivity index (χ0v) is 16.0. The van der Waals surface area contributed by atoms with E-state index in [2.05, 4.69) is 11.9 Å². The van der Waals surface area contributed by atoms with Crippen molar-refractivity contribution in [3.63, 3.8) is 0 Å². The molecule has 3 rings (SSSR count). The molecule has 5 nitrogen and oxygen atoms in total. The first kappa shape index (κ1) is 18.4. The first-order valence-electron chi connectivity index (χ1n) is 8.27. The summed E-state index contributed by atoms with van der Waals surface area (Å²) in [5.74, 6) is 1.09. The van der Waals surface area contributed by atoms with Gasteiger partial charge in [-0.3, -0.25) is 0 Å². The van der Waals surface area contributed by atoms with Crippen LogP contribution >= 0.6 is 22.7 Å². The fourth-order valence-electron chi connectivity index (χ4n) is 2.11. The third-order valence-electron chi connectivity index (χ3n) is 3.36. The van der Waals surface area contributed by atoms with E-state index in [1.165, 1.54) is 11.3 Å². The van der Waals surface area contributed by atoms with Gasteiger partial charge in [0.05, 0.1) is 6.61 Å². The number of nitrogens with zero attached hydrogens (tertiary/aromatic N) is 1. The highest BCUT2D eigenvalue weighted by Gasteiger charge is 2.13. The van der Waals surface area contributed by atoms with Crippen molar-refractivity contribution < 1.29 is 19.0 Å². The summed E-state index contributed by atoms with van der Waals surface area (Å²) in [7, 11) is 0. The van der Waals surface area contributed by atoms with Crippen molar-refractivity contribution in [1.82, 2.24) is 4.98 Å². The van der Waals surface area contributed by atoms with Gasteiger partial charge in [-0.1, -0.05) is 6.92 Å².